The first kappa shape index (κ1) is 9.55. The van der Waals surface area contributed by atoms with Crippen molar-refractivity contribution in [1.82, 2.24) is 10.2 Å². The Morgan fingerprint density at radius 1 is 1.43 bits per heavy atom. The Hall–Kier alpha value is -1.00. The van der Waals surface area contributed by atoms with Crippen LogP contribution in [0.3, 0.4) is 0 Å². The zero-order valence-electron chi connectivity index (χ0n) is 8.55. The highest BCUT2D eigenvalue weighted by Crippen LogP contribution is 2.11. The van der Waals surface area contributed by atoms with Crippen molar-refractivity contribution >= 4 is 5.88 Å². The van der Waals surface area contributed by atoms with Crippen molar-refractivity contribution in [3.63, 3.8) is 0 Å². The number of hydrogen-bond donors (Lipinski definition) is 2. The van der Waals surface area contributed by atoms with Gasteiger partial charge in [-0.2, -0.15) is 0 Å². The van der Waals surface area contributed by atoms with Crippen molar-refractivity contribution in [3.8, 4) is 0 Å². The van der Waals surface area contributed by atoms with Crippen molar-refractivity contribution in [2.75, 3.05) is 38.2 Å². The van der Waals surface area contributed by atoms with Gasteiger partial charge in [-0.3, -0.25) is 4.90 Å². The quantitative estimate of drug-likeness (QED) is 0.750. The molecule has 2 heterocycles. The first-order chi connectivity index (χ1) is 6.84. The summed E-state index contributed by atoms with van der Waals surface area (Å²) in [7, 11) is 0. The molecule has 1 fully saturated rings. The first-order valence-electron chi connectivity index (χ1n) is 5.08. The Bertz CT molecular complexity index is 279. The highest BCUT2D eigenvalue weighted by molar-refractivity contribution is 5.31. The number of aryl methyl sites for hydroxylation is 1. The molecule has 0 aromatic carbocycles. The summed E-state index contributed by atoms with van der Waals surface area (Å²) in [5, 5.41) is 6.59. The molecule has 1 saturated heterocycles. The molecule has 4 nitrogen and oxygen atoms in total. The van der Waals surface area contributed by atoms with Gasteiger partial charge in [0.15, 0.2) is 5.88 Å². The van der Waals surface area contributed by atoms with Gasteiger partial charge in [0, 0.05) is 32.2 Å². The summed E-state index contributed by atoms with van der Waals surface area (Å²) in [6.07, 6.45) is 0. The lowest BCUT2D eigenvalue weighted by Gasteiger charge is -2.26. The van der Waals surface area contributed by atoms with Gasteiger partial charge in [-0.05, 0) is 13.0 Å². The molecule has 0 spiro atoms. The highest BCUT2D eigenvalue weighted by atomic mass is 16.4. The molecule has 0 saturated carbocycles. The van der Waals surface area contributed by atoms with Crippen LogP contribution in [0, 0.1) is 6.92 Å². The third-order valence-corrected chi connectivity index (χ3v) is 2.43. The monoisotopic (exact) mass is 195 g/mol. The van der Waals surface area contributed by atoms with Gasteiger partial charge >= 0.3 is 0 Å². The van der Waals surface area contributed by atoms with Crippen molar-refractivity contribution in [1.29, 1.82) is 0 Å². The van der Waals surface area contributed by atoms with E-state index < -0.39 is 0 Å². The molecule has 4 heteroatoms. The van der Waals surface area contributed by atoms with Crippen LogP contribution in [-0.4, -0.2) is 37.7 Å². The van der Waals surface area contributed by atoms with Crippen molar-refractivity contribution in [2.45, 2.75) is 6.92 Å². The van der Waals surface area contributed by atoms with Gasteiger partial charge in [-0.1, -0.05) is 0 Å². The summed E-state index contributed by atoms with van der Waals surface area (Å²) in [5.74, 6) is 1.81. The zero-order valence-corrected chi connectivity index (χ0v) is 8.55. The van der Waals surface area contributed by atoms with E-state index in [1.165, 1.54) is 0 Å². The minimum Gasteiger partial charge on any atom is -0.446 e. The van der Waals surface area contributed by atoms with Crippen LogP contribution < -0.4 is 10.6 Å². The molecule has 14 heavy (non-hydrogen) atoms. The van der Waals surface area contributed by atoms with Crippen LogP contribution >= 0.6 is 0 Å². The smallest absolute Gasteiger partial charge is 0.194 e. The Morgan fingerprint density at radius 3 is 2.86 bits per heavy atom. The van der Waals surface area contributed by atoms with E-state index in [4.69, 9.17) is 4.42 Å². The number of nitrogens with one attached hydrogen (secondary N) is 2. The predicted octanol–water partition coefficient (Wildman–Crippen LogP) is 0.863. The Labute approximate surface area is 84.3 Å². The fraction of sp³-hybridized carbons (Fsp3) is 0.600. The van der Waals surface area contributed by atoms with Gasteiger partial charge < -0.3 is 15.1 Å². The number of nitrogens with zero attached hydrogens (tertiary/aromatic N) is 1. The van der Waals surface area contributed by atoms with Crippen LogP contribution in [0.5, 0.6) is 0 Å². The van der Waals surface area contributed by atoms with Gasteiger partial charge in [0.2, 0.25) is 0 Å². The van der Waals surface area contributed by atoms with Gasteiger partial charge in [0.25, 0.3) is 0 Å². The molecule has 0 unspecified atom stereocenters. The summed E-state index contributed by atoms with van der Waals surface area (Å²) < 4.78 is 5.42. The molecule has 0 aliphatic carbocycles. The van der Waals surface area contributed by atoms with E-state index in [1.807, 2.05) is 19.1 Å². The first-order valence-corrected chi connectivity index (χ1v) is 5.08. The van der Waals surface area contributed by atoms with Gasteiger partial charge in [0.1, 0.15) is 5.76 Å². The van der Waals surface area contributed by atoms with Crippen LogP contribution in [0.2, 0.25) is 0 Å². The van der Waals surface area contributed by atoms with E-state index in [0.29, 0.717) is 0 Å². The summed E-state index contributed by atoms with van der Waals surface area (Å²) in [5.41, 5.74) is 0. The lowest BCUT2D eigenvalue weighted by molar-refractivity contribution is 0.255. The molecule has 0 bridgehead atoms. The van der Waals surface area contributed by atoms with E-state index in [2.05, 4.69) is 15.5 Å². The molecule has 1 aromatic heterocycles. The SMILES string of the molecule is Cc1ccc(NCN2CCNCC2)o1. The molecular weight excluding hydrogens is 178 g/mol. The Balaban J connectivity index is 1.76. The topological polar surface area (TPSA) is 40.4 Å². The summed E-state index contributed by atoms with van der Waals surface area (Å²) >= 11 is 0. The molecular formula is C10H17N3O. The molecule has 2 N–H and O–H groups in total. The molecule has 1 aliphatic heterocycles. The van der Waals surface area contributed by atoms with E-state index in [0.717, 1.165) is 44.5 Å². The van der Waals surface area contributed by atoms with Crippen molar-refractivity contribution in [3.05, 3.63) is 17.9 Å². The summed E-state index contributed by atoms with van der Waals surface area (Å²) in [4.78, 5) is 2.37. The maximum absolute atomic E-state index is 5.42. The third kappa shape index (κ3) is 2.49. The average molecular weight is 195 g/mol. The lowest BCUT2D eigenvalue weighted by atomic mass is 10.4. The average Bonchev–Trinajstić information content (AvgIpc) is 2.63. The second kappa shape index (κ2) is 4.48. The van der Waals surface area contributed by atoms with E-state index in [9.17, 15) is 0 Å². The second-order valence-electron chi connectivity index (χ2n) is 3.61. The standard InChI is InChI=1S/C10H17N3O/c1-9-2-3-10(14-9)12-8-13-6-4-11-5-7-13/h2-3,11-12H,4-8H2,1H3. The highest BCUT2D eigenvalue weighted by Gasteiger charge is 2.08. The number of piperazine rings is 1. The van der Waals surface area contributed by atoms with E-state index in [1.54, 1.807) is 0 Å². The van der Waals surface area contributed by atoms with Gasteiger partial charge in [0.05, 0.1) is 6.67 Å². The van der Waals surface area contributed by atoms with Crippen molar-refractivity contribution in [2.24, 2.45) is 0 Å². The van der Waals surface area contributed by atoms with Crippen LogP contribution in [0.4, 0.5) is 5.88 Å². The molecule has 0 atom stereocenters. The Morgan fingerprint density at radius 2 is 2.21 bits per heavy atom. The molecule has 0 amide bonds. The summed E-state index contributed by atoms with van der Waals surface area (Å²) in [6, 6.07) is 3.94. The second-order valence-corrected chi connectivity index (χ2v) is 3.61. The largest absolute Gasteiger partial charge is 0.446 e. The molecule has 1 aromatic rings. The number of rotatable bonds is 3. The predicted molar refractivity (Wildman–Crippen MR) is 56.4 cm³/mol. The molecule has 78 valence electrons. The lowest BCUT2D eigenvalue weighted by Crippen LogP contribution is -2.45. The third-order valence-electron chi connectivity index (χ3n) is 2.43. The van der Waals surface area contributed by atoms with Gasteiger partial charge in [-0.15, -0.1) is 0 Å². The zero-order chi connectivity index (χ0) is 9.80. The molecule has 1 aliphatic rings. The van der Waals surface area contributed by atoms with Crippen LogP contribution in [-0.2, 0) is 0 Å². The van der Waals surface area contributed by atoms with Crippen LogP contribution in [0.25, 0.3) is 0 Å². The molecule has 0 radical (unpaired) electrons. The number of furan rings is 1. The van der Waals surface area contributed by atoms with Gasteiger partial charge in [-0.25, -0.2) is 0 Å². The minimum absolute atomic E-state index is 0.862. The normalized spacial score (nSPS) is 18.4. The Kier molecular flexibility index (Phi) is 3.06. The maximum atomic E-state index is 5.42. The van der Waals surface area contributed by atoms with E-state index in [-0.39, 0.29) is 0 Å². The molecule has 2 rings (SSSR count). The summed E-state index contributed by atoms with van der Waals surface area (Å²) in [6.45, 7) is 7.20. The number of hydrogen-bond acceptors (Lipinski definition) is 4. The maximum Gasteiger partial charge on any atom is 0.194 e. The van der Waals surface area contributed by atoms with Crippen LogP contribution in [0.15, 0.2) is 16.5 Å². The number of anilines is 1. The fourth-order valence-electron chi connectivity index (χ4n) is 1.59. The minimum atomic E-state index is 0.862. The van der Waals surface area contributed by atoms with E-state index >= 15 is 0 Å². The van der Waals surface area contributed by atoms with Crippen LogP contribution in [0.1, 0.15) is 5.76 Å². The fourth-order valence-corrected chi connectivity index (χ4v) is 1.59. The van der Waals surface area contributed by atoms with Crippen molar-refractivity contribution < 1.29 is 4.42 Å².